The average Bonchev–Trinajstić information content (AvgIpc) is 3.42. The average molecular weight is 541 g/mol. The molecule has 2 aromatic heterocycles. The molecule has 3 heterocycles. The molecule has 1 atom stereocenters. The quantitative estimate of drug-likeness (QED) is 0.279. The molecule has 10 heteroatoms. The Kier molecular flexibility index (Phi) is 8.77. The van der Waals surface area contributed by atoms with E-state index in [1.165, 1.54) is 4.90 Å². The predicted molar refractivity (Wildman–Crippen MR) is 149 cm³/mol. The van der Waals surface area contributed by atoms with Gasteiger partial charge in [-0.3, -0.25) is 19.7 Å². The van der Waals surface area contributed by atoms with Crippen molar-refractivity contribution in [2.45, 2.75) is 38.3 Å². The second-order valence-electron chi connectivity index (χ2n) is 9.64. The Bertz CT molecular complexity index is 1430. The summed E-state index contributed by atoms with van der Waals surface area (Å²) in [5.41, 5.74) is 3.74. The molecular formula is C30H32N6O4. The van der Waals surface area contributed by atoms with Crippen molar-refractivity contribution in [3.05, 3.63) is 101 Å². The second-order valence-corrected chi connectivity index (χ2v) is 9.64. The van der Waals surface area contributed by atoms with Gasteiger partial charge in [0.15, 0.2) is 0 Å². The summed E-state index contributed by atoms with van der Waals surface area (Å²) in [7, 11) is 1.69. The van der Waals surface area contributed by atoms with Crippen LogP contribution in [0.15, 0.2) is 72.9 Å². The van der Waals surface area contributed by atoms with E-state index in [9.17, 15) is 9.59 Å². The number of aromatic amines is 1. The first-order chi connectivity index (χ1) is 19.6. The van der Waals surface area contributed by atoms with Crippen LogP contribution in [0.1, 0.15) is 46.1 Å². The molecule has 1 aliphatic heterocycles. The number of anilines is 1. The summed E-state index contributed by atoms with van der Waals surface area (Å²) in [4.78, 5) is 36.2. The number of H-pyrrole nitrogens is 1. The van der Waals surface area contributed by atoms with Crippen LogP contribution in [0, 0.1) is 0 Å². The van der Waals surface area contributed by atoms with Gasteiger partial charge in [0, 0.05) is 26.3 Å². The molecule has 40 heavy (non-hydrogen) atoms. The molecule has 206 valence electrons. The van der Waals surface area contributed by atoms with Crippen molar-refractivity contribution < 1.29 is 19.1 Å². The van der Waals surface area contributed by atoms with E-state index in [4.69, 9.17) is 9.47 Å². The topological polar surface area (TPSA) is 122 Å². The number of benzene rings is 2. The first-order valence-corrected chi connectivity index (χ1v) is 13.3. The van der Waals surface area contributed by atoms with Gasteiger partial charge in [-0.1, -0.05) is 42.5 Å². The summed E-state index contributed by atoms with van der Waals surface area (Å²) < 4.78 is 11.6. The normalized spacial score (nSPS) is 14.8. The molecule has 2 amide bonds. The van der Waals surface area contributed by atoms with Gasteiger partial charge in [-0.25, -0.2) is 4.98 Å². The van der Waals surface area contributed by atoms with E-state index in [0.29, 0.717) is 36.9 Å². The van der Waals surface area contributed by atoms with Gasteiger partial charge in [0.1, 0.15) is 24.2 Å². The number of nitrogens with one attached hydrogen (secondary N) is 2. The van der Waals surface area contributed by atoms with Crippen molar-refractivity contribution in [1.29, 1.82) is 0 Å². The maximum absolute atomic E-state index is 13.2. The fourth-order valence-electron chi connectivity index (χ4n) is 4.48. The van der Waals surface area contributed by atoms with E-state index in [2.05, 4.69) is 25.5 Å². The lowest BCUT2D eigenvalue weighted by Crippen LogP contribution is -2.49. The molecule has 10 nitrogen and oxygen atoms in total. The van der Waals surface area contributed by atoms with Crippen LogP contribution in [0.2, 0.25) is 0 Å². The van der Waals surface area contributed by atoms with Gasteiger partial charge in [0.2, 0.25) is 5.82 Å². The molecule has 5 rings (SSSR count). The molecule has 1 aliphatic rings. The zero-order valence-electron chi connectivity index (χ0n) is 22.4. The minimum absolute atomic E-state index is 0.0101. The van der Waals surface area contributed by atoms with Gasteiger partial charge in [-0.2, -0.15) is 0 Å². The largest absolute Gasteiger partial charge is 0.489 e. The highest BCUT2D eigenvalue weighted by atomic mass is 16.5. The lowest BCUT2D eigenvalue weighted by molar-refractivity contribution is -0.120. The SMILES string of the molecule is CN1C(=O)[C@H](NC(=O)c2n[nH]c(Cc3ccccc3)n2)COc2ccc(CCCCOCc3ccccn3)cc21. The number of rotatable bonds is 11. The third kappa shape index (κ3) is 6.89. The summed E-state index contributed by atoms with van der Waals surface area (Å²) in [6, 6.07) is 20.5. The van der Waals surface area contributed by atoms with Crippen molar-refractivity contribution >= 4 is 17.5 Å². The molecule has 0 aliphatic carbocycles. The predicted octanol–water partition coefficient (Wildman–Crippen LogP) is 3.48. The zero-order valence-corrected chi connectivity index (χ0v) is 22.4. The first-order valence-electron chi connectivity index (χ1n) is 13.3. The number of hydrogen-bond donors (Lipinski definition) is 2. The number of amides is 2. The van der Waals surface area contributed by atoms with Crippen LogP contribution >= 0.6 is 0 Å². The number of nitrogens with zero attached hydrogens (tertiary/aromatic N) is 4. The van der Waals surface area contributed by atoms with Gasteiger partial charge in [-0.15, -0.1) is 5.10 Å². The second kappa shape index (κ2) is 13.0. The number of fused-ring (bicyclic) bond motifs is 1. The Morgan fingerprint density at radius 2 is 1.95 bits per heavy atom. The number of carbonyl (C=O) groups is 2. The Morgan fingerprint density at radius 3 is 2.77 bits per heavy atom. The monoisotopic (exact) mass is 540 g/mol. The molecule has 2 N–H and O–H groups in total. The Balaban J connectivity index is 1.12. The van der Waals surface area contributed by atoms with Gasteiger partial charge in [-0.05, 0) is 54.7 Å². The van der Waals surface area contributed by atoms with E-state index in [-0.39, 0.29) is 18.3 Å². The van der Waals surface area contributed by atoms with Crippen LogP contribution in [0.25, 0.3) is 0 Å². The highest BCUT2D eigenvalue weighted by Crippen LogP contribution is 2.32. The van der Waals surface area contributed by atoms with E-state index in [1.54, 1.807) is 13.2 Å². The van der Waals surface area contributed by atoms with Crippen LogP contribution in [-0.2, 0) is 29.0 Å². The van der Waals surface area contributed by atoms with Gasteiger partial charge < -0.3 is 19.7 Å². The van der Waals surface area contributed by atoms with Crippen molar-refractivity contribution in [2.75, 3.05) is 25.2 Å². The Hall–Kier alpha value is -4.57. The molecule has 0 saturated carbocycles. The summed E-state index contributed by atoms with van der Waals surface area (Å²) in [6.45, 7) is 1.17. The lowest BCUT2D eigenvalue weighted by atomic mass is 10.1. The third-order valence-electron chi connectivity index (χ3n) is 6.65. The molecule has 0 fully saturated rings. The first kappa shape index (κ1) is 27.0. The van der Waals surface area contributed by atoms with E-state index < -0.39 is 11.9 Å². The number of ether oxygens (including phenoxy) is 2. The number of unbranched alkanes of at least 4 members (excludes halogenated alkanes) is 1. The molecular weight excluding hydrogens is 508 g/mol. The zero-order chi connectivity index (χ0) is 27.7. The molecule has 0 radical (unpaired) electrons. The van der Waals surface area contributed by atoms with E-state index >= 15 is 0 Å². The minimum atomic E-state index is -0.874. The molecule has 2 aromatic carbocycles. The number of aromatic nitrogens is 4. The minimum Gasteiger partial charge on any atom is -0.489 e. The number of hydrogen-bond acceptors (Lipinski definition) is 7. The Morgan fingerprint density at radius 1 is 1.10 bits per heavy atom. The maximum atomic E-state index is 13.2. The number of aryl methyl sites for hydroxylation is 1. The van der Waals surface area contributed by atoms with Crippen LogP contribution in [0.3, 0.4) is 0 Å². The third-order valence-corrected chi connectivity index (χ3v) is 6.65. The van der Waals surface area contributed by atoms with Gasteiger partial charge in [0.25, 0.3) is 11.8 Å². The number of carbonyl (C=O) groups excluding carboxylic acids is 2. The number of pyridine rings is 1. The van der Waals surface area contributed by atoms with Crippen LogP contribution in [0.4, 0.5) is 5.69 Å². The van der Waals surface area contributed by atoms with Crippen molar-refractivity contribution in [3.8, 4) is 5.75 Å². The van der Waals surface area contributed by atoms with Crippen molar-refractivity contribution in [1.82, 2.24) is 25.5 Å². The van der Waals surface area contributed by atoms with Crippen molar-refractivity contribution in [2.24, 2.45) is 0 Å². The van der Waals surface area contributed by atoms with Crippen LogP contribution < -0.4 is 15.0 Å². The lowest BCUT2D eigenvalue weighted by Gasteiger charge is -2.20. The molecule has 4 aromatic rings. The van der Waals surface area contributed by atoms with Gasteiger partial charge >= 0.3 is 0 Å². The Labute approximate surface area is 232 Å². The maximum Gasteiger partial charge on any atom is 0.291 e. The fourth-order valence-corrected chi connectivity index (χ4v) is 4.48. The summed E-state index contributed by atoms with van der Waals surface area (Å²) in [6.07, 6.45) is 4.99. The van der Waals surface area contributed by atoms with Crippen LogP contribution in [-0.4, -0.2) is 58.3 Å². The molecule has 0 spiro atoms. The molecule has 0 unspecified atom stereocenters. The van der Waals surface area contributed by atoms with Gasteiger partial charge in [0.05, 0.1) is 18.0 Å². The summed E-state index contributed by atoms with van der Waals surface area (Å²) in [5.74, 6) is 0.333. The fraction of sp³-hybridized carbons (Fsp3) is 0.300. The summed E-state index contributed by atoms with van der Waals surface area (Å²) >= 11 is 0. The smallest absolute Gasteiger partial charge is 0.291 e. The van der Waals surface area contributed by atoms with Crippen LogP contribution in [0.5, 0.6) is 5.75 Å². The number of likely N-dealkylation sites (N-methyl/N-ethyl adjacent to an activating group) is 1. The highest BCUT2D eigenvalue weighted by molar-refractivity contribution is 6.02. The van der Waals surface area contributed by atoms with Crippen molar-refractivity contribution in [3.63, 3.8) is 0 Å². The van der Waals surface area contributed by atoms with E-state index in [0.717, 1.165) is 36.1 Å². The molecule has 0 bridgehead atoms. The molecule has 0 saturated heterocycles. The van der Waals surface area contributed by atoms with E-state index in [1.807, 2.05) is 66.7 Å². The summed E-state index contributed by atoms with van der Waals surface area (Å²) in [5, 5.41) is 9.56. The highest BCUT2D eigenvalue weighted by Gasteiger charge is 2.31. The standard InChI is InChI=1S/C30H32N6O4/c1-36-25-17-22(11-6-8-16-39-19-23-12-5-7-15-31-23)13-14-26(25)40-20-24(30(36)38)32-29(37)28-33-27(34-35-28)18-21-9-3-2-4-10-21/h2-5,7,9-10,12-15,17,24H,6,8,11,16,18-20H2,1H3,(H,32,37)(H,33,34,35)/t24-/m1/s1.